The summed E-state index contributed by atoms with van der Waals surface area (Å²) in [6.45, 7) is 5.91. The van der Waals surface area contributed by atoms with Crippen LogP contribution >= 0.6 is 0 Å². The number of amides is 1. The van der Waals surface area contributed by atoms with Gasteiger partial charge in [-0.05, 0) is 37.5 Å². The van der Waals surface area contributed by atoms with E-state index in [0.717, 1.165) is 64.2 Å². The van der Waals surface area contributed by atoms with Crippen molar-refractivity contribution < 1.29 is 24.2 Å². The topological polar surface area (TPSA) is 92.7 Å². The number of rotatable bonds is 16. The summed E-state index contributed by atoms with van der Waals surface area (Å²) in [5.74, 6) is 0.121. The third kappa shape index (κ3) is 10.8. The Balaban J connectivity index is 2.28. The van der Waals surface area contributed by atoms with Gasteiger partial charge in [0.15, 0.2) is 0 Å². The van der Waals surface area contributed by atoms with E-state index in [0.29, 0.717) is 18.6 Å². The van der Waals surface area contributed by atoms with Crippen LogP contribution in [-0.4, -0.2) is 42.0 Å². The summed E-state index contributed by atoms with van der Waals surface area (Å²) in [7, 11) is 1.33. The molecule has 0 aromatic rings. The molecule has 0 aromatic heterocycles. The lowest BCUT2D eigenvalue weighted by Gasteiger charge is -2.19. The fourth-order valence-electron chi connectivity index (χ4n) is 4.38. The lowest BCUT2D eigenvalue weighted by atomic mass is 9.89. The van der Waals surface area contributed by atoms with Gasteiger partial charge in [0.05, 0.1) is 13.2 Å². The first-order valence-electron chi connectivity index (χ1n) is 12.6. The normalized spacial score (nSPS) is 20.6. The summed E-state index contributed by atoms with van der Waals surface area (Å²) in [4.78, 5) is 36.2. The molecule has 0 saturated heterocycles. The number of ketones is 1. The molecule has 0 radical (unpaired) electrons. The molecule has 6 nitrogen and oxygen atoms in total. The Kier molecular flexibility index (Phi) is 14.2. The Morgan fingerprint density at radius 1 is 1.16 bits per heavy atom. The average molecular weight is 452 g/mol. The average Bonchev–Trinajstić information content (AvgIpc) is 3.11. The van der Waals surface area contributed by atoms with E-state index in [-0.39, 0.29) is 23.7 Å². The molecule has 1 fully saturated rings. The zero-order valence-electron chi connectivity index (χ0n) is 20.6. The Morgan fingerprint density at radius 2 is 1.88 bits per heavy atom. The van der Waals surface area contributed by atoms with E-state index in [9.17, 15) is 19.5 Å². The number of carbonyl (C=O) groups excluding carboxylic acids is 3. The highest BCUT2D eigenvalue weighted by Crippen LogP contribution is 2.34. The van der Waals surface area contributed by atoms with Gasteiger partial charge in [0.2, 0.25) is 5.91 Å². The van der Waals surface area contributed by atoms with Crippen molar-refractivity contribution in [3.63, 3.8) is 0 Å². The highest BCUT2D eigenvalue weighted by Gasteiger charge is 2.32. The summed E-state index contributed by atoms with van der Waals surface area (Å²) in [5, 5.41) is 12.9. The number of esters is 1. The predicted molar refractivity (Wildman–Crippen MR) is 127 cm³/mol. The predicted octanol–water partition coefficient (Wildman–Crippen LogP) is 4.73. The molecule has 0 bridgehead atoms. The number of hydrogen-bond donors (Lipinski definition) is 2. The maximum absolute atomic E-state index is 12.3. The van der Waals surface area contributed by atoms with Gasteiger partial charge in [0, 0.05) is 18.8 Å². The number of Topliss-reactive ketones (excluding diaryl/α,β-unsaturated/α-hetero) is 1. The molecule has 1 rings (SSSR count). The van der Waals surface area contributed by atoms with Crippen molar-refractivity contribution in [1.29, 1.82) is 0 Å². The van der Waals surface area contributed by atoms with Crippen LogP contribution in [0.2, 0.25) is 0 Å². The third-order valence-corrected chi connectivity index (χ3v) is 6.45. The van der Waals surface area contributed by atoms with Gasteiger partial charge in [-0.1, -0.05) is 71.4 Å². The van der Waals surface area contributed by atoms with E-state index >= 15 is 0 Å². The first-order chi connectivity index (χ1) is 15.3. The number of methoxy groups -OCH3 is 1. The van der Waals surface area contributed by atoms with Crippen molar-refractivity contribution in [2.24, 2.45) is 17.8 Å². The van der Waals surface area contributed by atoms with Crippen molar-refractivity contribution in [3.8, 4) is 0 Å². The molecule has 1 aliphatic carbocycles. The number of hydrogen-bond acceptors (Lipinski definition) is 5. The van der Waals surface area contributed by atoms with Crippen molar-refractivity contribution in [2.45, 2.75) is 110 Å². The molecule has 1 saturated carbocycles. The van der Waals surface area contributed by atoms with Gasteiger partial charge < -0.3 is 15.2 Å². The maximum atomic E-state index is 12.3. The standard InChI is InChI=1S/C26H45NO5/c1-5-6-9-12-21(28)17-15-20-16-18-23(29)22(20)13-10-7-8-11-14-24(30)27-25(19(2)3)26(31)32-4/h15,17,19-22,25,28H,5-14,16,18H2,1-4H3,(H,27,30)/b17-15+/t20-,21-,22+,25+/m0/s1. The van der Waals surface area contributed by atoms with Crippen LogP contribution < -0.4 is 5.32 Å². The minimum atomic E-state index is -0.601. The third-order valence-electron chi connectivity index (χ3n) is 6.45. The summed E-state index contributed by atoms with van der Waals surface area (Å²) in [5.41, 5.74) is 0. The number of aliphatic hydroxyl groups is 1. The van der Waals surface area contributed by atoms with Crippen molar-refractivity contribution in [3.05, 3.63) is 12.2 Å². The molecule has 0 aliphatic heterocycles. The monoisotopic (exact) mass is 451 g/mol. The first kappa shape index (κ1) is 28.3. The minimum Gasteiger partial charge on any atom is -0.467 e. The Hall–Kier alpha value is -1.69. The van der Waals surface area contributed by atoms with E-state index in [1.54, 1.807) is 0 Å². The van der Waals surface area contributed by atoms with Crippen LogP contribution in [0.1, 0.15) is 97.8 Å². The smallest absolute Gasteiger partial charge is 0.328 e. The second-order valence-electron chi connectivity index (χ2n) is 9.49. The largest absolute Gasteiger partial charge is 0.467 e. The zero-order chi connectivity index (χ0) is 23.9. The molecule has 0 unspecified atom stereocenters. The zero-order valence-corrected chi connectivity index (χ0v) is 20.6. The van der Waals surface area contributed by atoms with Crippen LogP contribution in [0.15, 0.2) is 12.2 Å². The Bertz CT molecular complexity index is 601. The number of carbonyl (C=O) groups is 3. The van der Waals surface area contributed by atoms with E-state index < -0.39 is 18.1 Å². The lowest BCUT2D eigenvalue weighted by Crippen LogP contribution is -2.44. The number of aliphatic hydroxyl groups excluding tert-OH is 1. The molecule has 4 atom stereocenters. The fraction of sp³-hybridized carbons (Fsp3) is 0.808. The summed E-state index contributed by atoms with van der Waals surface area (Å²) in [6, 6.07) is -0.601. The van der Waals surface area contributed by atoms with E-state index in [4.69, 9.17) is 4.74 Å². The first-order valence-corrected chi connectivity index (χ1v) is 12.6. The summed E-state index contributed by atoms with van der Waals surface area (Å²) in [6.07, 6.45) is 14.1. The number of ether oxygens (including phenoxy) is 1. The maximum Gasteiger partial charge on any atom is 0.328 e. The molecule has 0 aromatic carbocycles. The summed E-state index contributed by atoms with van der Waals surface area (Å²) >= 11 is 0. The van der Waals surface area contributed by atoms with Crippen molar-refractivity contribution >= 4 is 17.7 Å². The van der Waals surface area contributed by atoms with Gasteiger partial charge in [0.25, 0.3) is 0 Å². The Morgan fingerprint density at radius 3 is 2.53 bits per heavy atom. The second-order valence-corrected chi connectivity index (χ2v) is 9.49. The van der Waals surface area contributed by atoms with E-state index in [2.05, 4.69) is 18.3 Å². The molecule has 32 heavy (non-hydrogen) atoms. The molecule has 6 heteroatoms. The molecule has 0 spiro atoms. The molecule has 1 amide bonds. The van der Waals surface area contributed by atoms with Gasteiger partial charge in [0.1, 0.15) is 11.8 Å². The Labute approximate surface area is 194 Å². The van der Waals surface area contributed by atoms with E-state index in [1.165, 1.54) is 7.11 Å². The fourth-order valence-corrected chi connectivity index (χ4v) is 4.38. The highest BCUT2D eigenvalue weighted by atomic mass is 16.5. The molecule has 2 N–H and O–H groups in total. The number of nitrogens with one attached hydrogen (secondary N) is 1. The van der Waals surface area contributed by atoms with Crippen molar-refractivity contribution in [1.82, 2.24) is 5.32 Å². The van der Waals surface area contributed by atoms with Crippen LogP contribution in [0.5, 0.6) is 0 Å². The quantitative estimate of drug-likeness (QED) is 0.201. The van der Waals surface area contributed by atoms with Crippen LogP contribution in [0.3, 0.4) is 0 Å². The molecule has 0 heterocycles. The van der Waals surface area contributed by atoms with E-state index in [1.807, 2.05) is 19.9 Å². The molecule has 1 aliphatic rings. The van der Waals surface area contributed by atoms with Gasteiger partial charge in [-0.15, -0.1) is 0 Å². The highest BCUT2D eigenvalue weighted by molar-refractivity contribution is 5.84. The molecule has 184 valence electrons. The number of unbranched alkanes of at least 4 members (excludes halogenated alkanes) is 5. The van der Waals surface area contributed by atoms with Crippen LogP contribution in [0.25, 0.3) is 0 Å². The SMILES string of the molecule is CCCCC[C@H](O)/C=C/[C@H]1CCC(=O)[C@@H]1CCCCCCC(=O)N[C@@H](C(=O)OC)C(C)C. The second kappa shape index (κ2) is 16.0. The summed E-state index contributed by atoms with van der Waals surface area (Å²) < 4.78 is 4.75. The van der Waals surface area contributed by atoms with Crippen LogP contribution in [0.4, 0.5) is 0 Å². The van der Waals surface area contributed by atoms with Gasteiger partial charge in [-0.25, -0.2) is 4.79 Å². The van der Waals surface area contributed by atoms with Crippen molar-refractivity contribution in [2.75, 3.05) is 7.11 Å². The van der Waals surface area contributed by atoms with Gasteiger partial charge in [-0.2, -0.15) is 0 Å². The molecular weight excluding hydrogens is 406 g/mol. The minimum absolute atomic E-state index is 0.0187. The molecular formula is C26H45NO5. The lowest BCUT2D eigenvalue weighted by molar-refractivity contribution is -0.146. The van der Waals surface area contributed by atoms with Gasteiger partial charge in [-0.3, -0.25) is 9.59 Å². The van der Waals surface area contributed by atoms with Crippen LogP contribution in [0, 0.1) is 17.8 Å². The number of allylic oxidation sites excluding steroid dienone is 1. The van der Waals surface area contributed by atoms with Crippen LogP contribution in [-0.2, 0) is 19.1 Å². The van der Waals surface area contributed by atoms with Gasteiger partial charge >= 0.3 is 5.97 Å².